The van der Waals surface area contributed by atoms with Crippen LogP contribution in [-0.2, 0) is 16.0 Å². The maximum atomic E-state index is 11.6. The van der Waals surface area contributed by atoms with E-state index in [-0.39, 0.29) is 0 Å². The molecule has 0 saturated carbocycles. The van der Waals surface area contributed by atoms with E-state index in [9.17, 15) is 4.79 Å². The van der Waals surface area contributed by atoms with Gasteiger partial charge in [-0.2, -0.15) is 16.6 Å². The van der Waals surface area contributed by atoms with Gasteiger partial charge in [0.1, 0.15) is 0 Å². The lowest BCUT2D eigenvalue weighted by Gasteiger charge is -2.18. The van der Waals surface area contributed by atoms with Gasteiger partial charge in [-0.15, -0.1) is 0 Å². The Morgan fingerprint density at radius 1 is 1.73 bits per heavy atom. The van der Waals surface area contributed by atoms with Crippen molar-refractivity contribution in [2.75, 3.05) is 6.61 Å². The van der Waals surface area contributed by atoms with Crippen LogP contribution in [0.3, 0.4) is 0 Å². The van der Waals surface area contributed by atoms with Crippen molar-refractivity contribution in [2.45, 2.75) is 20.3 Å². The van der Waals surface area contributed by atoms with Crippen LogP contribution in [0, 0.1) is 16.7 Å². The molecule has 0 amide bonds. The van der Waals surface area contributed by atoms with Gasteiger partial charge >= 0.3 is 5.97 Å². The van der Waals surface area contributed by atoms with Gasteiger partial charge in [0.15, 0.2) is 5.41 Å². The first kappa shape index (κ1) is 11.7. The average molecular weight is 223 g/mol. The summed E-state index contributed by atoms with van der Waals surface area (Å²) in [5.74, 6) is -0.446. The van der Waals surface area contributed by atoms with E-state index in [0.717, 1.165) is 5.56 Å². The Kier molecular flexibility index (Phi) is 3.87. The summed E-state index contributed by atoms with van der Waals surface area (Å²) in [7, 11) is 0. The largest absolute Gasteiger partial charge is 0.465 e. The van der Waals surface area contributed by atoms with Gasteiger partial charge in [0.25, 0.3) is 0 Å². The predicted molar refractivity (Wildman–Crippen MR) is 58.4 cm³/mol. The van der Waals surface area contributed by atoms with Crippen LogP contribution in [0.5, 0.6) is 0 Å². The highest BCUT2D eigenvalue weighted by Gasteiger charge is 2.35. The van der Waals surface area contributed by atoms with Crippen LogP contribution in [0.4, 0.5) is 0 Å². The minimum Gasteiger partial charge on any atom is -0.465 e. The first-order chi connectivity index (χ1) is 7.12. The van der Waals surface area contributed by atoms with Gasteiger partial charge in [0.2, 0.25) is 0 Å². The average Bonchev–Trinajstić information content (AvgIpc) is 2.70. The second kappa shape index (κ2) is 4.94. The molecule has 1 rings (SSSR count). The Labute approximate surface area is 93.3 Å². The van der Waals surface area contributed by atoms with Crippen molar-refractivity contribution >= 4 is 17.3 Å². The van der Waals surface area contributed by atoms with Crippen molar-refractivity contribution in [3.05, 3.63) is 22.4 Å². The molecule has 80 valence electrons. The van der Waals surface area contributed by atoms with E-state index in [1.807, 2.05) is 22.9 Å². The second-order valence-electron chi connectivity index (χ2n) is 3.47. The number of nitriles is 1. The third-order valence-corrected chi connectivity index (χ3v) is 2.84. The molecule has 1 heterocycles. The number of thiophene rings is 1. The standard InChI is InChI=1S/C11H13NO2S/c1-3-14-10(13)11(2,8-12)6-9-4-5-15-7-9/h4-5,7H,3,6H2,1-2H3. The molecule has 0 radical (unpaired) electrons. The highest BCUT2D eigenvalue weighted by atomic mass is 32.1. The monoisotopic (exact) mass is 223 g/mol. The molecular formula is C11H13NO2S. The number of carbonyl (C=O) groups excluding carboxylic acids is 1. The molecule has 0 aliphatic rings. The van der Waals surface area contributed by atoms with Crippen molar-refractivity contribution in [3.8, 4) is 6.07 Å². The Balaban J connectivity index is 2.78. The summed E-state index contributed by atoms with van der Waals surface area (Å²) in [6, 6.07) is 3.95. The van der Waals surface area contributed by atoms with Crippen LogP contribution in [0.2, 0.25) is 0 Å². The second-order valence-corrected chi connectivity index (χ2v) is 4.25. The van der Waals surface area contributed by atoms with Crippen molar-refractivity contribution in [1.82, 2.24) is 0 Å². The molecule has 1 unspecified atom stereocenters. The number of esters is 1. The zero-order chi connectivity index (χ0) is 11.3. The fourth-order valence-electron chi connectivity index (χ4n) is 1.25. The molecule has 1 aromatic heterocycles. The molecule has 1 aromatic rings. The van der Waals surface area contributed by atoms with Crippen molar-refractivity contribution in [1.29, 1.82) is 5.26 Å². The summed E-state index contributed by atoms with van der Waals surface area (Å²) in [5, 5.41) is 12.9. The Morgan fingerprint density at radius 2 is 2.47 bits per heavy atom. The van der Waals surface area contributed by atoms with Gasteiger partial charge in [-0.05, 0) is 36.2 Å². The number of nitrogens with zero attached hydrogens (tertiary/aromatic N) is 1. The van der Waals surface area contributed by atoms with Crippen LogP contribution in [-0.4, -0.2) is 12.6 Å². The molecule has 1 atom stereocenters. The van der Waals surface area contributed by atoms with E-state index in [2.05, 4.69) is 0 Å². The Bertz CT molecular complexity index is 366. The quantitative estimate of drug-likeness (QED) is 0.736. The number of carbonyl (C=O) groups is 1. The van der Waals surface area contributed by atoms with Gasteiger partial charge in [-0.1, -0.05) is 0 Å². The van der Waals surface area contributed by atoms with Gasteiger partial charge < -0.3 is 4.74 Å². The Morgan fingerprint density at radius 3 is 2.93 bits per heavy atom. The fourth-order valence-corrected chi connectivity index (χ4v) is 1.92. The van der Waals surface area contributed by atoms with E-state index in [4.69, 9.17) is 10.00 Å². The zero-order valence-corrected chi connectivity index (χ0v) is 9.63. The third-order valence-electron chi connectivity index (χ3n) is 2.11. The lowest BCUT2D eigenvalue weighted by atomic mass is 9.86. The van der Waals surface area contributed by atoms with Crippen LogP contribution >= 0.6 is 11.3 Å². The molecule has 3 nitrogen and oxygen atoms in total. The molecule has 0 spiro atoms. The van der Waals surface area contributed by atoms with E-state index in [0.29, 0.717) is 13.0 Å². The third kappa shape index (κ3) is 2.80. The van der Waals surface area contributed by atoms with Crippen molar-refractivity contribution in [3.63, 3.8) is 0 Å². The molecule has 0 N–H and O–H groups in total. The van der Waals surface area contributed by atoms with E-state index in [1.54, 1.807) is 25.2 Å². The van der Waals surface area contributed by atoms with Crippen LogP contribution in [0.15, 0.2) is 16.8 Å². The molecule has 15 heavy (non-hydrogen) atoms. The van der Waals surface area contributed by atoms with Gasteiger partial charge in [0, 0.05) is 6.42 Å². The summed E-state index contributed by atoms with van der Waals surface area (Å²) in [4.78, 5) is 11.6. The molecule has 0 aliphatic heterocycles. The Hall–Kier alpha value is -1.34. The molecule has 0 bridgehead atoms. The number of rotatable bonds is 4. The van der Waals surface area contributed by atoms with Crippen molar-refractivity contribution < 1.29 is 9.53 Å². The molecule has 0 aliphatic carbocycles. The molecule has 0 fully saturated rings. The minimum absolute atomic E-state index is 0.305. The molecule has 0 saturated heterocycles. The summed E-state index contributed by atoms with van der Waals surface area (Å²) in [5.41, 5.74) is -0.0750. The number of ether oxygens (including phenoxy) is 1. The normalized spacial score (nSPS) is 13.9. The SMILES string of the molecule is CCOC(=O)C(C)(C#N)Cc1ccsc1. The first-order valence-electron chi connectivity index (χ1n) is 4.72. The van der Waals surface area contributed by atoms with E-state index >= 15 is 0 Å². The summed E-state index contributed by atoms with van der Waals surface area (Å²) < 4.78 is 4.89. The zero-order valence-electron chi connectivity index (χ0n) is 8.82. The van der Waals surface area contributed by atoms with E-state index in [1.165, 1.54) is 0 Å². The highest BCUT2D eigenvalue weighted by molar-refractivity contribution is 7.07. The fraction of sp³-hybridized carbons (Fsp3) is 0.455. The minimum atomic E-state index is -1.07. The van der Waals surface area contributed by atoms with Crippen LogP contribution in [0.1, 0.15) is 19.4 Å². The summed E-state index contributed by atoms with van der Waals surface area (Å²) >= 11 is 1.55. The molecule has 0 aromatic carbocycles. The highest BCUT2D eigenvalue weighted by Crippen LogP contribution is 2.24. The number of hydrogen-bond acceptors (Lipinski definition) is 4. The maximum absolute atomic E-state index is 11.6. The molecule has 4 heteroatoms. The summed E-state index contributed by atoms with van der Waals surface area (Å²) in [6.07, 6.45) is 0.409. The van der Waals surface area contributed by atoms with Crippen LogP contribution < -0.4 is 0 Å². The lowest BCUT2D eigenvalue weighted by molar-refractivity contribution is -0.151. The van der Waals surface area contributed by atoms with Crippen molar-refractivity contribution in [2.24, 2.45) is 5.41 Å². The topological polar surface area (TPSA) is 50.1 Å². The molecular weight excluding hydrogens is 210 g/mol. The van der Waals surface area contributed by atoms with Gasteiger partial charge in [-0.25, -0.2) is 0 Å². The lowest BCUT2D eigenvalue weighted by Crippen LogP contribution is -2.30. The first-order valence-corrected chi connectivity index (χ1v) is 5.66. The summed E-state index contributed by atoms with van der Waals surface area (Å²) in [6.45, 7) is 3.66. The van der Waals surface area contributed by atoms with E-state index < -0.39 is 11.4 Å². The van der Waals surface area contributed by atoms with Crippen LogP contribution in [0.25, 0.3) is 0 Å². The maximum Gasteiger partial charge on any atom is 0.326 e. The van der Waals surface area contributed by atoms with Gasteiger partial charge in [0.05, 0.1) is 12.7 Å². The van der Waals surface area contributed by atoms with Gasteiger partial charge in [-0.3, -0.25) is 4.79 Å². The number of hydrogen-bond donors (Lipinski definition) is 0. The smallest absolute Gasteiger partial charge is 0.326 e. The predicted octanol–water partition coefficient (Wildman–Crippen LogP) is 2.38.